The molecule has 5 rings (SSSR count). The Morgan fingerprint density at radius 2 is 2.04 bits per heavy atom. The first kappa shape index (κ1) is 17.4. The van der Waals surface area contributed by atoms with E-state index in [4.69, 9.17) is 4.98 Å². The number of fused-ring (bicyclic) bond motifs is 2. The minimum Gasteiger partial charge on any atom is -0.349 e. The molecule has 5 nitrogen and oxygen atoms in total. The zero-order valence-electron chi connectivity index (χ0n) is 15.7. The van der Waals surface area contributed by atoms with Gasteiger partial charge in [-0.25, -0.2) is 9.97 Å². The molecule has 1 saturated carbocycles. The lowest BCUT2D eigenvalue weighted by molar-refractivity contribution is 0.0925. The molecule has 0 saturated heterocycles. The van der Waals surface area contributed by atoms with Crippen molar-refractivity contribution in [2.75, 3.05) is 0 Å². The zero-order valence-corrected chi connectivity index (χ0v) is 16.6. The van der Waals surface area contributed by atoms with E-state index in [2.05, 4.69) is 21.4 Å². The first-order valence-corrected chi connectivity index (χ1v) is 10.6. The van der Waals surface area contributed by atoms with Crippen LogP contribution in [0.2, 0.25) is 0 Å². The van der Waals surface area contributed by atoms with Gasteiger partial charge in [-0.15, -0.1) is 11.3 Å². The number of carbonyl (C=O) groups is 1. The van der Waals surface area contributed by atoms with Gasteiger partial charge < -0.3 is 10.3 Å². The van der Waals surface area contributed by atoms with Crippen molar-refractivity contribution in [3.8, 4) is 0 Å². The molecule has 1 amide bonds. The molecule has 0 unspecified atom stereocenters. The highest BCUT2D eigenvalue weighted by Gasteiger charge is 2.26. The molecular formula is C22H22N4OS. The Kier molecular flexibility index (Phi) is 4.36. The average molecular weight is 391 g/mol. The Morgan fingerprint density at radius 1 is 1.14 bits per heavy atom. The summed E-state index contributed by atoms with van der Waals surface area (Å²) >= 11 is 1.65. The molecular weight excluding hydrogens is 368 g/mol. The van der Waals surface area contributed by atoms with Gasteiger partial charge in [0.25, 0.3) is 5.91 Å². The summed E-state index contributed by atoms with van der Waals surface area (Å²) in [5, 5.41) is 4.26. The first-order chi connectivity index (χ1) is 13.7. The predicted molar refractivity (Wildman–Crippen MR) is 113 cm³/mol. The van der Waals surface area contributed by atoms with E-state index in [1.165, 1.54) is 0 Å². The summed E-state index contributed by atoms with van der Waals surface area (Å²) in [6.45, 7) is 1.99. The number of nitrogens with one attached hydrogen (secondary N) is 2. The van der Waals surface area contributed by atoms with Crippen molar-refractivity contribution in [2.45, 2.75) is 44.6 Å². The van der Waals surface area contributed by atoms with Gasteiger partial charge >= 0.3 is 0 Å². The molecule has 2 aromatic heterocycles. The summed E-state index contributed by atoms with van der Waals surface area (Å²) in [5.41, 5.74) is 3.67. The Bertz CT molecular complexity index is 1130. The van der Waals surface area contributed by atoms with Crippen LogP contribution in [0.4, 0.5) is 0 Å². The molecule has 2 atom stereocenters. The van der Waals surface area contributed by atoms with Gasteiger partial charge in [-0.3, -0.25) is 4.79 Å². The quantitative estimate of drug-likeness (QED) is 0.521. The number of benzene rings is 2. The highest BCUT2D eigenvalue weighted by atomic mass is 32.1. The van der Waals surface area contributed by atoms with Crippen LogP contribution in [-0.4, -0.2) is 26.9 Å². The number of nitrogens with zero attached hydrogens (tertiary/aromatic N) is 2. The number of aromatic amines is 1. The van der Waals surface area contributed by atoms with Crippen LogP contribution in [0.15, 0.2) is 42.5 Å². The molecule has 0 spiro atoms. The summed E-state index contributed by atoms with van der Waals surface area (Å²) in [6, 6.07) is 14.1. The second kappa shape index (κ2) is 7.02. The van der Waals surface area contributed by atoms with Gasteiger partial charge in [-0.2, -0.15) is 0 Å². The summed E-state index contributed by atoms with van der Waals surface area (Å²) in [5.74, 6) is 1.39. The number of hydrogen-bond donors (Lipinski definition) is 2. The molecule has 2 aromatic carbocycles. The van der Waals surface area contributed by atoms with Crippen molar-refractivity contribution in [3.05, 3.63) is 58.9 Å². The summed E-state index contributed by atoms with van der Waals surface area (Å²) in [6.07, 6.45) is 4.14. The number of aryl methyl sites for hydroxylation is 1. The number of amides is 1. The number of hydrogen-bond acceptors (Lipinski definition) is 4. The largest absolute Gasteiger partial charge is 0.349 e. The molecule has 28 heavy (non-hydrogen) atoms. The summed E-state index contributed by atoms with van der Waals surface area (Å²) < 4.78 is 1.12. The Morgan fingerprint density at radius 3 is 2.93 bits per heavy atom. The van der Waals surface area contributed by atoms with E-state index in [9.17, 15) is 4.79 Å². The van der Waals surface area contributed by atoms with Gasteiger partial charge in [0.1, 0.15) is 5.82 Å². The normalized spacial score (nSPS) is 19.9. The Labute approximate surface area is 167 Å². The topological polar surface area (TPSA) is 70.7 Å². The number of para-hydroxylation sites is 2. The fraction of sp³-hybridized carbons (Fsp3) is 0.318. The fourth-order valence-corrected chi connectivity index (χ4v) is 5.00. The van der Waals surface area contributed by atoms with Crippen LogP contribution >= 0.6 is 11.3 Å². The third-order valence-corrected chi connectivity index (χ3v) is 6.51. The molecule has 142 valence electrons. The molecule has 0 aliphatic heterocycles. The minimum absolute atomic E-state index is 0.0113. The standard InChI is InChI=1S/C22H22N4OS/c1-13-23-19-12-15(9-10-20(19)28-13)22(27)24-16-6-4-5-14(11-16)21-25-17-7-2-3-8-18(17)26-21/h2-3,7-10,12,14,16H,4-6,11H2,1H3,(H,24,27)(H,25,26)/t14-,16+/m0/s1. The Balaban J connectivity index is 1.31. The smallest absolute Gasteiger partial charge is 0.251 e. The minimum atomic E-state index is -0.0113. The molecule has 1 fully saturated rings. The van der Waals surface area contributed by atoms with Crippen LogP contribution in [0.5, 0.6) is 0 Å². The monoisotopic (exact) mass is 390 g/mol. The second-order valence-corrected chi connectivity index (χ2v) is 8.82. The number of rotatable bonds is 3. The lowest BCUT2D eigenvalue weighted by atomic mass is 9.85. The first-order valence-electron chi connectivity index (χ1n) is 9.78. The Hall–Kier alpha value is -2.73. The van der Waals surface area contributed by atoms with Crippen LogP contribution in [0.25, 0.3) is 21.3 Å². The molecule has 6 heteroatoms. The average Bonchev–Trinajstić information content (AvgIpc) is 3.29. The molecule has 0 radical (unpaired) electrons. The fourth-order valence-electron chi connectivity index (χ4n) is 4.19. The zero-order chi connectivity index (χ0) is 19.1. The van der Waals surface area contributed by atoms with Crippen molar-refractivity contribution < 1.29 is 4.79 Å². The molecule has 1 aliphatic rings. The summed E-state index contributed by atoms with van der Waals surface area (Å²) in [4.78, 5) is 25.5. The van der Waals surface area contributed by atoms with Gasteiger partial charge in [0.2, 0.25) is 0 Å². The lowest BCUT2D eigenvalue weighted by Crippen LogP contribution is -2.38. The third kappa shape index (κ3) is 3.29. The van der Waals surface area contributed by atoms with Gasteiger partial charge in [0, 0.05) is 17.5 Å². The van der Waals surface area contributed by atoms with E-state index < -0.39 is 0 Å². The maximum atomic E-state index is 12.8. The van der Waals surface area contributed by atoms with Gasteiger partial charge in [0.05, 0.1) is 26.3 Å². The van der Waals surface area contributed by atoms with Crippen LogP contribution in [0.1, 0.15) is 52.8 Å². The van der Waals surface area contributed by atoms with E-state index in [0.717, 1.165) is 57.8 Å². The lowest BCUT2D eigenvalue weighted by Gasteiger charge is -2.28. The van der Waals surface area contributed by atoms with E-state index in [1.807, 2.05) is 43.3 Å². The van der Waals surface area contributed by atoms with Crippen molar-refractivity contribution in [2.24, 2.45) is 0 Å². The number of imidazole rings is 1. The van der Waals surface area contributed by atoms with Crippen LogP contribution < -0.4 is 5.32 Å². The molecule has 4 aromatic rings. The van der Waals surface area contributed by atoms with Gasteiger partial charge in [-0.1, -0.05) is 18.6 Å². The number of aromatic nitrogens is 3. The van der Waals surface area contributed by atoms with Crippen molar-refractivity contribution in [1.82, 2.24) is 20.3 Å². The van der Waals surface area contributed by atoms with Gasteiger partial charge in [0.15, 0.2) is 0 Å². The molecule has 0 bridgehead atoms. The number of thiazole rings is 1. The van der Waals surface area contributed by atoms with Crippen LogP contribution in [-0.2, 0) is 0 Å². The van der Waals surface area contributed by atoms with Gasteiger partial charge in [-0.05, 0) is 56.5 Å². The second-order valence-electron chi connectivity index (χ2n) is 7.59. The van der Waals surface area contributed by atoms with E-state index in [1.54, 1.807) is 11.3 Å². The number of H-pyrrole nitrogens is 1. The third-order valence-electron chi connectivity index (χ3n) is 5.56. The number of carbonyl (C=O) groups excluding carboxylic acids is 1. The molecule has 2 heterocycles. The maximum absolute atomic E-state index is 12.8. The van der Waals surface area contributed by atoms with E-state index in [-0.39, 0.29) is 11.9 Å². The van der Waals surface area contributed by atoms with Crippen molar-refractivity contribution in [3.63, 3.8) is 0 Å². The summed E-state index contributed by atoms with van der Waals surface area (Å²) in [7, 11) is 0. The van der Waals surface area contributed by atoms with Crippen molar-refractivity contribution >= 4 is 38.5 Å². The van der Waals surface area contributed by atoms with Crippen molar-refractivity contribution in [1.29, 1.82) is 0 Å². The highest BCUT2D eigenvalue weighted by Crippen LogP contribution is 2.32. The SMILES string of the molecule is Cc1nc2cc(C(=O)N[C@@H]3CCC[C@H](c4nc5ccccc5[nH]4)C3)ccc2s1. The maximum Gasteiger partial charge on any atom is 0.251 e. The molecule has 2 N–H and O–H groups in total. The predicted octanol–water partition coefficient (Wildman–Crippen LogP) is 4.94. The van der Waals surface area contributed by atoms with E-state index in [0.29, 0.717) is 11.5 Å². The van der Waals surface area contributed by atoms with Crippen LogP contribution in [0, 0.1) is 6.92 Å². The highest BCUT2D eigenvalue weighted by molar-refractivity contribution is 7.18. The van der Waals surface area contributed by atoms with Crippen LogP contribution in [0.3, 0.4) is 0 Å². The van der Waals surface area contributed by atoms with E-state index >= 15 is 0 Å². The molecule has 1 aliphatic carbocycles.